The van der Waals surface area contributed by atoms with Crippen molar-refractivity contribution in [2.75, 3.05) is 26.8 Å². The van der Waals surface area contributed by atoms with Gasteiger partial charge in [0.15, 0.2) is 0 Å². The van der Waals surface area contributed by atoms with E-state index in [2.05, 4.69) is 46.9 Å². The molecule has 0 amide bonds. The minimum atomic E-state index is 0.335. The number of H-pyrrole nitrogens is 1. The number of likely N-dealkylation sites (N-methyl/N-ethyl adjacent to an activating group) is 1. The number of rotatable bonds is 9. The Labute approximate surface area is 177 Å². The molecule has 0 spiro atoms. The van der Waals surface area contributed by atoms with Gasteiger partial charge in [0.05, 0.1) is 30.7 Å². The number of nitrogens with zero attached hydrogens (tertiary/aromatic N) is 3. The number of methoxy groups -OCH3 is 1. The highest BCUT2D eigenvalue weighted by atomic mass is 16.5. The highest BCUT2D eigenvalue weighted by Gasteiger charge is 2.15. The van der Waals surface area contributed by atoms with Crippen LogP contribution >= 0.6 is 0 Å². The molecule has 6 nitrogen and oxygen atoms in total. The van der Waals surface area contributed by atoms with Gasteiger partial charge in [-0.15, -0.1) is 0 Å². The molecule has 0 bridgehead atoms. The maximum Gasteiger partial charge on any atom is 0.129 e. The van der Waals surface area contributed by atoms with Crippen LogP contribution < -0.4 is 4.74 Å². The Morgan fingerprint density at radius 2 is 1.93 bits per heavy atom. The van der Waals surface area contributed by atoms with E-state index in [1.807, 2.05) is 36.5 Å². The van der Waals surface area contributed by atoms with E-state index in [1.54, 1.807) is 7.11 Å². The molecule has 156 valence electrons. The lowest BCUT2D eigenvalue weighted by atomic mass is 10.1. The average molecular weight is 405 g/mol. The number of imidazole rings is 1. The van der Waals surface area contributed by atoms with Crippen molar-refractivity contribution in [3.63, 3.8) is 0 Å². The monoisotopic (exact) mass is 404 g/mol. The Kier molecular flexibility index (Phi) is 6.26. The van der Waals surface area contributed by atoms with E-state index in [9.17, 15) is 0 Å². The number of hydrogen-bond donors (Lipinski definition) is 1. The molecule has 1 aliphatic rings. The third kappa shape index (κ3) is 4.61. The molecule has 6 heteroatoms. The second kappa shape index (κ2) is 9.24. The van der Waals surface area contributed by atoms with Crippen LogP contribution in [0.4, 0.5) is 0 Å². The van der Waals surface area contributed by atoms with Crippen LogP contribution in [0, 0.1) is 0 Å². The van der Waals surface area contributed by atoms with E-state index < -0.39 is 0 Å². The van der Waals surface area contributed by atoms with Crippen molar-refractivity contribution in [1.29, 1.82) is 0 Å². The standard InChI is InChI=1S/C24H28N4O2/c1-4-28(17(2)16-29-3)15-24-26-22-10-9-21(13-23(22)27-24)30-20-7-5-18(6-8-20)19-11-12-25-14-19/h5-13,17H,4,14-16H2,1-3H3,(H,26,27)/t17-/m0/s1. The van der Waals surface area contributed by atoms with Gasteiger partial charge in [0.25, 0.3) is 0 Å². The number of aromatic nitrogens is 2. The van der Waals surface area contributed by atoms with E-state index in [4.69, 9.17) is 14.5 Å². The Balaban J connectivity index is 1.45. The zero-order valence-electron chi connectivity index (χ0n) is 17.8. The molecule has 0 unspecified atom stereocenters. The minimum absolute atomic E-state index is 0.335. The zero-order chi connectivity index (χ0) is 20.9. The number of fused-ring (bicyclic) bond motifs is 1. The van der Waals surface area contributed by atoms with Crippen molar-refractivity contribution < 1.29 is 9.47 Å². The smallest absolute Gasteiger partial charge is 0.129 e. The average Bonchev–Trinajstić information content (AvgIpc) is 3.42. The fraction of sp³-hybridized carbons (Fsp3) is 0.333. The summed E-state index contributed by atoms with van der Waals surface area (Å²) in [6, 6.07) is 14.4. The number of allylic oxidation sites excluding steroid dienone is 1. The maximum absolute atomic E-state index is 6.06. The fourth-order valence-electron chi connectivity index (χ4n) is 3.71. The summed E-state index contributed by atoms with van der Waals surface area (Å²) >= 11 is 0. The summed E-state index contributed by atoms with van der Waals surface area (Å²) in [4.78, 5) is 14.7. The third-order valence-corrected chi connectivity index (χ3v) is 5.40. The largest absolute Gasteiger partial charge is 0.457 e. The summed E-state index contributed by atoms with van der Waals surface area (Å²) in [5.41, 5.74) is 4.32. The molecular weight excluding hydrogens is 376 g/mol. The second-order valence-corrected chi connectivity index (χ2v) is 7.54. The molecule has 0 radical (unpaired) electrons. The summed E-state index contributed by atoms with van der Waals surface area (Å²) < 4.78 is 11.4. The summed E-state index contributed by atoms with van der Waals surface area (Å²) in [6.07, 6.45) is 3.90. The van der Waals surface area contributed by atoms with Gasteiger partial charge in [-0.1, -0.05) is 19.1 Å². The van der Waals surface area contributed by atoms with Gasteiger partial charge in [0.2, 0.25) is 0 Å². The van der Waals surface area contributed by atoms with Crippen molar-refractivity contribution in [3.05, 3.63) is 59.9 Å². The molecule has 1 aliphatic heterocycles. The van der Waals surface area contributed by atoms with Gasteiger partial charge in [-0.25, -0.2) is 4.98 Å². The fourth-order valence-corrected chi connectivity index (χ4v) is 3.71. The summed E-state index contributed by atoms with van der Waals surface area (Å²) in [7, 11) is 1.74. The minimum Gasteiger partial charge on any atom is -0.457 e. The molecule has 1 N–H and O–H groups in total. The molecule has 0 fully saturated rings. The first-order valence-electron chi connectivity index (χ1n) is 10.3. The zero-order valence-corrected chi connectivity index (χ0v) is 17.8. The van der Waals surface area contributed by atoms with Crippen LogP contribution in [0.25, 0.3) is 16.6 Å². The van der Waals surface area contributed by atoms with E-state index in [0.29, 0.717) is 12.6 Å². The first kappa shape index (κ1) is 20.3. The van der Waals surface area contributed by atoms with Gasteiger partial charge < -0.3 is 14.5 Å². The van der Waals surface area contributed by atoms with Crippen molar-refractivity contribution in [3.8, 4) is 11.5 Å². The predicted octanol–water partition coefficient (Wildman–Crippen LogP) is 4.68. The topological polar surface area (TPSA) is 62.7 Å². The number of aliphatic imine (C=N–C) groups is 1. The lowest BCUT2D eigenvalue weighted by Gasteiger charge is -2.26. The normalized spacial score (nSPS) is 14.5. The summed E-state index contributed by atoms with van der Waals surface area (Å²) in [6.45, 7) is 7.47. The molecule has 0 aliphatic carbocycles. The quantitative estimate of drug-likeness (QED) is 0.562. The van der Waals surface area contributed by atoms with Crippen molar-refractivity contribution >= 4 is 22.8 Å². The van der Waals surface area contributed by atoms with Gasteiger partial charge in [-0.2, -0.15) is 0 Å². The van der Waals surface area contributed by atoms with Crippen LogP contribution in [0.15, 0.2) is 53.5 Å². The van der Waals surface area contributed by atoms with Gasteiger partial charge in [0, 0.05) is 25.4 Å². The molecule has 0 saturated carbocycles. The lowest BCUT2D eigenvalue weighted by Crippen LogP contribution is -2.35. The highest BCUT2D eigenvalue weighted by Crippen LogP contribution is 2.27. The van der Waals surface area contributed by atoms with Crippen LogP contribution in [0.3, 0.4) is 0 Å². The van der Waals surface area contributed by atoms with E-state index in [1.165, 1.54) is 11.1 Å². The molecule has 4 rings (SSSR count). The molecule has 1 atom stereocenters. The Hall–Kier alpha value is -2.96. The maximum atomic E-state index is 6.06. The lowest BCUT2D eigenvalue weighted by molar-refractivity contribution is 0.0967. The first-order valence-corrected chi connectivity index (χ1v) is 10.3. The molecule has 30 heavy (non-hydrogen) atoms. The molecule has 2 heterocycles. The molecular formula is C24H28N4O2. The number of aromatic amines is 1. The third-order valence-electron chi connectivity index (χ3n) is 5.40. The van der Waals surface area contributed by atoms with E-state index >= 15 is 0 Å². The van der Waals surface area contributed by atoms with Crippen LogP contribution in [0.5, 0.6) is 11.5 Å². The summed E-state index contributed by atoms with van der Waals surface area (Å²) in [5.74, 6) is 2.54. The van der Waals surface area contributed by atoms with Crippen LogP contribution in [-0.2, 0) is 11.3 Å². The Morgan fingerprint density at radius 3 is 2.63 bits per heavy atom. The van der Waals surface area contributed by atoms with Crippen LogP contribution in [0.1, 0.15) is 25.2 Å². The van der Waals surface area contributed by atoms with Gasteiger partial charge >= 0.3 is 0 Å². The molecule has 3 aromatic rings. The Bertz CT molecular complexity index is 1050. The number of nitrogens with one attached hydrogen (secondary N) is 1. The first-order chi connectivity index (χ1) is 14.7. The van der Waals surface area contributed by atoms with Crippen LogP contribution in [0.2, 0.25) is 0 Å². The van der Waals surface area contributed by atoms with Crippen molar-refractivity contribution in [2.45, 2.75) is 26.4 Å². The van der Waals surface area contributed by atoms with Crippen molar-refractivity contribution in [2.24, 2.45) is 4.99 Å². The van der Waals surface area contributed by atoms with E-state index in [0.717, 1.165) is 48.0 Å². The highest BCUT2D eigenvalue weighted by molar-refractivity contribution is 5.89. The van der Waals surface area contributed by atoms with Crippen LogP contribution in [-0.4, -0.2) is 53.9 Å². The van der Waals surface area contributed by atoms with Gasteiger partial charge in [0.1, 0.15) is 17.3 Å². The number of ether oxygens (including phenoxy) is 2. The molecule has 1 aromatic heterocycles. The van der Waals surface area contributed by atoms with Gasteiger partial charge in [-0.3, -0.25) is 9.89 Å². The number of hydrogen-bond acceptors (Lipinski definition) is 5. The second-order valence-electron chi connectivity index (χ2n) is 7.54. The summed E-state index contributed by atoms with van der Waals surface area (Å²) in [5, 5.41) is 0. The number of benzene rings is 2. The Morgan fingerprint density at radius 1 is 1.13 bits per heavy atom. The molecule has 0 saturated heterocycles. The SMILES string of the molecule is CCN(Cc1nc2ccc(Oc3ccc(C4=CC=NC4)cc3)cc2[nH]1)[C@@H](C)COC. The molecule has 2 aromatic carbocycles. The van der Waals surface area contributed by atoms with E-state index in [-0.39, 0.29) is 0 Å². The van der Waals surface area contributed by atoms with Crippen molar-refractivity contribution in [1.82, 2.24) is 14.9 Å². The predicted molar refractivity (Wildman–Crippen MR) is 121 cm³/mol. The van der Waals surface area contributed by atoms with Gasteiger partial charge in [-0.05, 0) is 54.9 Å².